The van der Waals surface area contributed by atoms with Gasteiger partial charge in [-0.3, -0.25) is 0 Å². The number of phenols is 1. The molecular weight excluding hydrogens is 351 g/mol. The standard InChI is InChI=1S/C15H20N2O2SSe/c18-14-7-3-1-5-12(14)11-16-17-15(19)8-4-2-6-13-9-10-20-21-13/h1,3,5,7,11,13,18H,2,4,6,8-10H2,(H,17,19)/b16-11+. The first-order chi connectivity index (χ1) is 10.3. The van der Waals surface area contributed by atoms with Gasteiger partial charge in [-0.15, -0.1) is 0 Å². The Morgan fingerprint density at radius 1 is 1.48 bits per heavy atom. The number of hydrogen-bond acceptors (Lipinski definition) is 4. The number of benzene rings is 1. The van der Waals surface area contributed by atoms with Crippen molar-refractivity contribution in [3.8, 4) is 5.75 Å². The maximum absolute atomic E-state index is 11.6. The van der Waals surface area contributed by atoms with Crippen LogP contribution in [0, 0.1) is 0 Å². The summed E-state index contributed by atoms with van der Waals surface area (Å²) in [4.78, 5) is 12.5. The van der Waals surface area contributed by atoms with Crippen molar-refractivity contribution in [3.63, 3.8) is 0 Å². The summed E-state index contributed by atoms with van der Waals surface area (Å²) >= 11 is 0.768. The molecule has 1 aliphatic rings. The molecule has 21 heavy (non-hydrogen) atoms. The first kappa shape index (κ1) is 16.4. The molecule has 1 saturated heterocycles. The minimum absolute atomic E-state index is 0.0621. The second-order valence-corrected chi connectivity index (χ2v) is 9.86. The number of carbonyl (C=O) groups excluding carboxylic acids is 1. The van der Waals surface area contributed by atoms with Crippen LogP contribution in [0.4, 0.5) is 0 Å². The molecule has 6 heteroatoms. The Morgan fingerprint density at radius 2 is 2.33 bits per heavy atom. The zero-order valence-corrected chi connectivity index (χ0v) is 14.4. The Bertz CT molecular complexity index is 490. The second-order valence-electron chi connectivity index (χ2n) is 4.93. The van der Waals surface area contributed by atoms with E-state index in [-0.39, 0.29) is 11.7 Å². The van der Waals surface area contributed by atoms with Gasteiger partial charge in [0.15, 0.2) is 0 Å². The molecule has 1 heterocycles. The average molecular weight is 371 g/mol. The first-order valence-corrected chi connectivity index (χ1v) is 11.1. The molecule has 1 aromatic carbocycles. The number of hydrazone groups is 1. The van der Waals surface area contributed by atoms with E-state index in [1.165, 1.54) is 24.8 Å². The fraction of sp³-hybridized carbons (Fsp3) is 0.467. The van der Waals surface area contributed by atoms with Gasteiger partial charge < -0.3 is 0 Å². The van der Waals surface area contributed by atoms with Gasteiger partial charge in [0.05, 0.1) is 0 Å². The third kappa shape index (κ3) is 6.12. The van der Waals surface area contributed by atoms with Gasteiger partial charge >= 0.3 is 129 Å². The molecule has 1 fully saturated rings. The summed E-state index contributed by atoms with van der Waals surface area (Å²) in [7, 11) is 2.10. The molecule has 1 unspecified atom stereocenters. The molecule has 0 aliphatic carbocycles. The quantitative estimate of drug-likeness (QED) is 0.335. The van der Waals surface area contributed by atoms with Gasteiger partial charge in [0, 0.05) is 0 Å². The predicted molar refractivity (Wildman–Crippen MR) is 88.9 cm³/mol. The third-order valence-electron chi connectivity index (χ3n) is 3.24. The number of unbranched alkanes of at least 4 members (excludes halogenated alkanes) is 1. The van der Waals surface area contributed by atoms with Crippen molar-refractivity contribution in [1.82, 2.24) is 5.43 Å². The predicted octanol–water partition coefficient (Wildman–Crippen LogP) is 2.95. The molecule has 1 aliphatic heterocycles. The van der Waals surface area contributed by atoms with Crippen LogP contribution < -0.4 is 5.43 Å². The van der Waals surface area contributed by atoms with E-state index in [0.29, 0.717) is 12.0 Å². The molecule has 2 N–H and O–H groups in total. The molecule has 0 aromatic heterocycles. The molecule has 0 spiro atoms. The van der Waals surface area contributed by atoms with E-state index in [9.17, 15) is 9.90 Å². The number of hydrogen-bond donors (Lipinski definition) is 2. The van der Waals surface area contributed by atoms with E-state index in [1.54, 1.807) is 18.2 Å². The summed E-state index contributed by atoms with van der Waals surface area (Å²) in [5.41, 5.74) is 3.10. The van der Waals surface area contributed by atoms with Crippen LogP contribution in [0.15, 0.2) is 29.4 Å². The number of amides is 1. The monoisotopic (exact) mass is 372 g/mol. The fourth-order valence-electron chi connectivity index (χ4n) is 2.05. The topological polar surface area (TPSA) is 61.7 Å². The van der Waals surface area contributed by atoms with Crippen molar-refractivity contribution in [1.29, 1.82) is 0 Å². The normalized spacial score (nSPS) is 18.2. The zero-order valence-electron chi connectivity index (χ0n) is 11.8. The van der Waals surface area contributed by atoms with Gasteiger partial charge in [0.25, 0.3) is 0 Å². The Labute approximate surface area is 135 Å². The van der Waals surface area contributed by atoms with Crippen molar-refractivity contribution in [2.75, 3.05) is 5.75 Å². The van der Waals surface area contributed by atoms with Gasteiger partial charge in [-0.25, -0.2) is 0 Å². The Morgan fingerprint density at radius 3 is 3.10 bits per heavy atom. The number of nitrogens with one attached hydrogen (secondary N) is 1. The van der Waals surface area contributed by atoms with Crippen LogP contribution in [0.5, 0.6) is 5.75 Å². The minimum atomic E-state index is -0.0621. The van der Waals surface area contributed by atoms with Gasteiger partial charge in [-0.2, -0.15) is 0 Å². The average Bonchev–Trinajstić information content (AvgIpc) is 2.99. The number of rotatable bonds is 7. The summed E-state index contributed by atoms with van der Waals surface area (Å²) in [6.45, 7) is 0. The Balaban J connectivity index is 1.60. The maximum atomic E-state index is 11.6. The van der Waals surface area contributed by atoms with Crippen LogP contribution >= 0.6 is 10.2 Å². The molecule has 0 radical (unpaired) electrons. The van der Waals surface area contributed by atoms with E-state index in [2.05, 4.69) is 20.7 Å². The van der Waals surface area contributed by atoms with E-state index >= 15 is 0 Å². The number of carbonyl (C=O) groups is 1. The van der Waals surface area contributed by atoms with Gasteiger partial charge in [-0.1, -0.05) is 6.07 Å². The number of nitrogens with zero attached hydrogens (tertiary/aromatic N) is 1. The molecule has 1 atom stereocenters. The van der Waals surface area contributed by atoms with E-state index in [1.807, 2.05) is 6.07 Å². The molecule has 1 aromatic rings. The molecule has 0 bridgehead atoms. The second kappa shape index (κ2) is 9.13. The van der Waals surface area contributed by atoms with Crippen molar-refractivity contribution in [2.24, 2.45) is 5.10 Å². The molecule has 1 amide bonds. The molecule has 2 rings (SSSR count). The number of phenolic OH excluding ortho intramolecular Hbond substituents is 1. The molecule has 114 valence electrons. The van der Waals surface area contributed by atoms with Gasteiger partial charge in [-0.05, 0) is 0 Å². The van der Waals surface area contributed by atoms with Crippen LogP contribution in [0.2, 0.25) is 4.82 Å². The molecular formula is C15H20N2O2SSe. The Kier molecular flexibility index (Phi) is 7.13. The Hall–Kier alpha value is -0.971. The van der Waals surface area contributed by atoms with Crippen LogP contribution in [0.3, 0.4) is 0 Å². The van der Waals surface area contributed by atoms with E-state index < -0.39 is 0 Å². The summed E-state index contributed by atoms with van der Waals surface area (Å²) in [5, 5.41) is 13.4. The SMILES string of the molecule is O=C(CCCCC1CCS[Se]1)N/N=C/c1ccccc1O. The van der Waals surface area contributed by atoms with E-state index in [4.69, 9.17) is 0 Å². The zero-order chi connectivity index (χ0) is 14.9. The van der Waals surface area contributed by atoms with Crippen LogP contribution in [0.1, 0.15) is 37.7 Å². The third-order valence-corrected chi connectivity index (χ3v) is 8.66. The van der Waals surface area contributed by atoms with E-state index in [0.717, 1.165) is 31.5 Å². The summed E-state index contributed by atoms with van der Waals surface area (Å²) < 4.78 is 0. The number of para-hydroxylation sites is 1. The van der Waals surface area contributed by atoms with Crippen LogP contribution in [-0.2, 0) is 4.79 Å². The van der Waals surface area contributed by atoms with Crippen molar-refractivity contribution in [2.45, 2.75) is 36.9 Å². The first-order valence-electron chi connectivity index (χ1n) is 7.14. The van der Waals surface area contributed by atoms with Gasteiger partial charge in [0.2, 0.25) is 0 Å². The molecule has 0 saturated carbocycles. The summed E-state index contributed by atoms with van der Waals surface area (Å²) in [5.74, 6) is 1.42. The van der Waals surface area contributed by atoms with Crippen molar-refractivity contribution >= 4 is 36.1 Å². The van der Waals surface area contributed by atoms with Crippen molar-refractivity contribution in [3.05, 3.63) is 29.8 Å². The molecule has 4 nitrogen and oxygen atoms in total. The van der Waals surface area contributed by atoms with Crippen LogP contribution in [-0.4, -0.2) is 36.8 Å². The summed E-state index contributed by atoms with van der Waals surface area (Å²) in [6, 6.07) is 6.89. The number of aromatic hydroxyl groups is 1. The van der Waals surface area contributed by atoms with Crippen LogP contribution in [0.25, 0.3) is 0 Å². The summed E-state index contributed by atoms with van der Waals surface area (Å²) in [6.07, 6.45) is 6.67. The van der Waals surface area contributed by atoms with Gasteiger partial charge in [0.1, 0.15) is 0 Å². The fourth-order valence-corrected chi connectivity index (χ4v) is 7.48. The van der Waals surface area contributed by atoms with Crippen molar-refractivity contribution < 1.29 is 9.90 Å².